The van der Waals surface area contributed by atoms with Crippen molar-refractivity contribution in [3.8, 4) is 22.8 Å². The van der Waals surface area contributed by atoms with Gasteiger partial charge in [-0.25, -0.2) is 9.97 Å². The predicted octanol–water partition coefficient (Wildman–Crippen LogP) is 4.06. The molecule has 0 N–H and O–H groups in total. The lowest BCUT2D eigenvalue weighted by Gasteiger charge is -2.28. The van der Waals surface area contributed by atoms with Crippen LogP contribution in [0.1, 0.15) is 5.56 Å². The molecule has 28 heavy (non-hydrogen) atoms. The molecule has 0 saturated carbocycles. The van der Waals surface area contributed by atoms with Crippen molar-refractivity contribution in [2.24, 2.45) is 0 Å². The Morgan fingerprint density at radius 1 is 0.893 bits per heavy atom. The van der Waals surface area contributed by atoms with Gasteiger partial charge in [0.1, 0.15) is 11.5 Å². The Kier molecular flexibility index (Phi) is 4.95. The van der Waals surface area contributed by atoms with Gasteiger partial charge in [0.05, 0.1) is 24.5 Å². The highest BCUT2D eigenvalue weighted by atomic mass is 19.4. The molecule has 5 nitrogen and oxygen atoms in total. The fourth-order valence-corrected chi connectivity index (χ4v) is 3.00. The number of anilines is 1. The minimum atomic E-state index is -4.42. The monoisotopic (exact) mass is 386 g/mol. The third-order valence-electron chi connectivity index (χ3n) is 4.43. The van der Waals surface area contributed by atoms with Crippen LogP contribution in [0.4, 0.5) is 19.0 Å². The summed E-state index contributed by atoms with van der Waals surface area (Å²) in [6.07, 6.45) is -2.79. The van der Waals surface area contributed by atoms with Crippen LogP contribution in [0.15, 0.2) is 54.7 Å². The minimum Gasteiger partial charge on any atom is -0.378 e. The van der Waals surface area contributed by atoms with Crippen LogP contribution in [0.5, 0.6) is 0 Å². The zero-order chi connectivity index (χ0) is 19.6. The predicted molar refractivity (Wildman–Crippen MR) is 98.7 cm³/mol. The SMILES string of the molecule is FC(F)(F)c1cccc(-c2cc(N3CCOCC3)nc(-c3ccccn3)n2)c1. The smallest absolute Gasteiger partial charge is 0.378 e. The van der Waals surface area contributed by atoms with E-state index < -0.39 is 11.7 Å². The van der Waals surface area contributed by atoms with Crippen molar-refractivity contribution in [3.05, 3.63) is 60.3 Å². The van der Waals surface area contributed by atoms with Gasteiger partial charge < -0.3 is 9.64 Å². The second-order valence-corrected chi connectivity index (χ2v) is 6.33. The van der Waals surface area contributed by atoms with Gasteiger partial charge in [-0.3, -0.25) is 4.98 Å². The van der Waals surface area contributed by atoms with Crippen LogP contribution in [-0.4, -0.2) is 41.3 Å². The molecule has 144 valence electrons. The normalized spacial score (nSPS) is 14.9. The Bertz CT molecular complexity index is 957. The van der Waals surface area contributed by atoms with E-state index in [4.69, 9.17) is 4.74 Å². The molecule has 2 aromatic heterocycles. The van der Waals surface area contributed by atoms with Gasteiger partial charge in [0.2, 0.25) is 0 Å². The molecule has 0 spiro atoms. The molecule has 0 radical (unpaired) electrons. The molecule has 4 rings (SSSR count). The maximum atomic E-state index is 13.1. The average molecular weight is 386 g/mol. The van der Waals surface area contributed by atoms with E-state index in [1.807, 2.05) is 11.0 Å². The van der Waals surface area contributed by atoms with Gasteiger partial charge in [-0.15, -0.1) is 0 Å². The van der Waals surface area contributed by atoms with E-state index >= 15 is 0 Å². The molecule has 8 heteroatoms. The first-order valence-electron chi connectivity index (χ1n) is 8.81. The van der Waals surface area contributed by atoms with Crippen molar-refractivity contribution >= 4 is 5.82 Å². The maximum absolute atomic E-state index is 13.1. The Balaban J connectivity index is 1.82. The summed E-state index contributed by atoms with van der Waals surface area (Å²) < 4.78 is 44.8. The van der Waals surface area contributed by atoms with Crippen molar-refractivity contribution in [2.75, 3.05) is 31.2 Å². The molecule has 0 unspecified atom stereocenters. The third-order valence-corrected chi connectivity index (χ3v) is 4.43. The number of alkyl halides is 3. The second-order valence-electron chi connectivity index (χ2n) is 6.33. The van der Waals surface area contributed by atoms with Crippen molar-refractivity contribution in [2.45, 2.75) is 6.18 Å². The number of aromatic nitrogens is 3. The van der Waals surface area contributed by atoms with E-state index in [1.165, 1.54) is 6.07 Å². The summed E-state index contributed by atoms with van der Waals surface area (Å²) in [6.45, 7) is 2.45. The largest absolute Gasteiger partial charge is 0.416 e. The highest BCUT2D eigenvalue weighted by molar-refractivity contribution is 5.67. The van der Waals surface area contributed by atoms with Crippen LogP contribution in [-0.2, 0) is 10.9 Å². The van der Waals surface area contributed by atoms with Gasteiger partial charge >= 0.3 is 6.18 Å². The molecule has 3 aromatic rings. The molecule has 1 aliphatic heterocycles. The van der Waals surface area contributed by atoms with Crippen LogP contribution in [0.3, 0.4) is 0 Å². The minimum absolute atomic E-state index is 0.372. The summed E-state index contributed by atoms with van der Waals surface area (Å²) in [6, 6.07) is 12.2. The molecule has 1 saturated heterocycles. The third kappa shape index (κ3) is 3.96. The van der Waals surface area contributed by atoms with Gasteiger partial charge in [-0.1, -0.05) is 18.2 Å². The van der Waals surface area contributed by atoms with Gasteiger partial charge in [-0.05, 0) is 24.3 Å². The molecule has 1 aliphatic rings. The second kappa shape index (κ2) is 7.55. The standard InChI is InChI=1S/C20H17F3N4O/c21-20(22,23)15-5-3-4-14(12-15)17-13-18(27-8-10-28-11-9-27)26-19(25-17)16-6-1-2-7-24-16/h1-7,12-13H,8-11H2. The summed E-state index contributed by atoms with van der Waals surface area (Å²) in [5.41, 5.74) is 0.647. The van der Waals surface area contributed by atoms with Gasteiger partial charge in [0.15, 0.2) is 5.82 Å². The molecular formula is C20H17F3N4O. The highest BCUT2D eigenvalue weighted by Gasteiger charge is 2.30. The lowest BCUT2D eigenvalue weighted by molar-refractivity contribution is -0.137. The fraction of sp³-hybridized carbons (Fsp3) is 0.250. The first kappa shape index (κ1) is 18.4. The lowest BCUT2D eigenvalue weighted by atomic mass is 10.1. The number of ether oxygens (including phenoxy) is 1. The van der Waals surface area contributed by atoms with Crippen LogP contribution in [0, 0.1) is 0 Å². The fourth-order valence-electron chi connectivity index (χ4n) is 3.00. The zero-order valence-electron chi connectivity index (χ0n) is 14.9. The average Bonchev–Trinajstić information content (AvgIpc) is 2.74. The number of morpholine rings is 1. The summed E-state index contributed by atoms with van der Waals surface area (Å²) in [4.78, 5) is 15.4. The highest BCUT2D eigenvalue weighted by Crippen LogP contribution is 2.33. The number of hydrogen-bond donors (Lipinski definition) is 0. The first-order valence-corrected chi connectivity index (χ1v) is 8.81. The van der Waals surface area contributed by atoms with Gasteiger partial charge in [0.25, 0.3) is 0 Å². The van der Waals surface area contributed by atoms with E-state index in [-0.39, 0.29) is 0 Å². The van der Waals surface area contributed by atoms with Gasteiger partial charge in [-0.2, -0.15) is 13.2 Å². The molecule has 3 heterocycles. The molecule has 0 amide bonds. The van der Waals surface area contributed by atoms with Crippen molar-refractivity contribution in [1.82, 2.24) is 15.0 Å². The van der Waals surface area contributed by atoms with Gasteiger partial charge in [0, 0.05) is 30.9 Å². The van der Waals surface area contributed by atoms with E-state index in [0.29, 0.717) is 54.9 Å². The molecule has 1 aromatic carbocycles. The summed E-state index contributed by atoms with van der Waals surface area (Å²) in [5, 5.41) is 0. The van der Waals surface area contributed by atoms with Crippen molar-refractivity contribution < 1.29 is 17.9 Å². The number of halogens is 3. The maximum Gasteiger partial charge on any atom is 0.416 e. The number of benzene rings is 1. The van der Waals surface area contributed by atoms with Crippen molar-refractivity contribution in [1.29, 1.82) is 0 Å². The molecular weight excluding hydrogens is 369 g/mol. The number of rotatable bonds is 3. The van der Waals surface area contributed by atoms with E-state index in [1.54, 1.807) is 30.5 Å². The molecule has 0 atom stereocenters. The molecule has 0 aliphatic carbocycles. The van der Waals surface area contributed by atoms with Crippen LogP contribution in [0.2, 0.25) is 0 Å². The summed E-state index contributed by atoms with van der Waals surface area (Å²) in [5.74, 6) is 1.02. The molecule has 1 fully saturated rings. The Hall–Kier alpha value is -3.00. The number of nitrogens with zero attached hydrogens (tertiary/aromatic N) is 4. The zero-order valence-corrected chi connectivity index (χ0v) is 14.9. The van der Waals surface area contributed by atoms with Crippen molar-refractivity contribution in [3.63, 3.8) is 0 Å². The Morgan fingerprint density at radius 2 is 1.71 bits per heavy atom. The van der Waals surface area contributed by atoms with E-state index in [9.17, 15) is 13.2 Å². The summed E-state index contributed by atoms with van der Waals surface area (Å²) >= 11 is 0. The van der Waals surface area contributed by atoms with Crippen LogP contribution >= 0.6 is 0 Å². The Morgan fingerprint density at radius 3 is 2.43 bits per heavy atom. The number of hydrogen-bond acceptors (Lipinski definition) is 5. The quantitative estimate of drug-likeness (QED) is 0.680. The molecule has 0 bridgehead atoms. The lowest BCUT2D eigenvalue weighted by Crippen LogP contribution is -2.36. The van der Waals surface area contributed by atoms with E-state index in [0.717, 1.165) is 12.1 Å². The number of pyridine rings is 1. The topological polar surface area (TPSA) is 51.1 Å². The Labute approximate surface area is 159 Å². The van der Waals surface area contributed by atoms with E-state index in [2.05, 4.69) is 15.0 Å². The summed E-state index contributed by atoms with van der Waals surface area (Å²) in [7, 11) is 0. The van der Waals surface area contributed by atoms with Crippen LogP contribution in [0.25, 0.3) is 22.8 Å². The first-order chi connectivity index (χ1) is 13.5. The van der Waals surface area contributed by atoms with Crippen LogP contribution < -0.4 is 4.90 Å².